The lowest BCUT2D eigenvalue weighted by Crippen LogP contribution is -2.30. The molecule has 0 saturated carbocycles. The standard InChI is InChI=1S/C18H19N3/c1-12-17-14-8-4-3-7-13(14)11-21(2)16-10-6-5-9-15(16)18(17)20-19-12/h3-10,12,19-20H,11H2,1-2H3. The predicted octanol–water partition coefficient (Wildman–Crippen LogP) is 3.00. The molecule has 1 unspecified atom stereocenters. The van der Waals surface area contributed by atoms with Crippen LogP contribution in [-0.4, -0.2) is 13.1 Å². The molecule has 0 fully saturated rings. The second-order valence-electron chi connectivity index (χ2n) is 5.81. The Hall–Kier alpha value is -2.26. The zero-order valence-corrected chi connectivity index (χ0v) is 12.4. The van der Waals surface area contributed by atoms with Crippen molar-refractivity contribution in [3.63, 3.8) is 0 Å². The highest BCUT2D eigenvalue weighted by Crippen LogP contribution is 2.38. The molecule has 3 nitrogen and oxygen atoms in total. The zero-order chi connectivity index (χ0) is 14.4. The van der Waals surface area contributed by atoms with E-state index in [1.54, 1.807) is 0 Å². The smallest absolute Gasteiger partial charge is 0.0635 e. The highest BCUT2D eigenvalue weighted by Gasteiger charge is 2.29. The van der Waals surface area contributed by atoms with Crippen LogP contribution in [0.4, 0.5) is 5.69 Å². The van der Waals surface area contributed by atoms with Gasteiger partial charge in [-0.2, -0.15) is 0 Å². The number of para-hydroxylation sites is 1. The molecule has 0 amide bonds. The molecular weight excluding hydrogens is 258 g/mol. The summed E-state index contributed by atoms with van der Waals surface area (Å²) in [6.07, 6.45) is 0. The third-order valence-corrected chi connectivity index (χ3v) is 4.42. The number of hydrogen-bond acceptors (Lipinski definition) is 3. The summed E-state index contributed by atoms with van der Waals surface area (Å²) in [6, 6.07) is 17.6. The van der Waals surface area contributed by atoms with Gasteiger partial charge in [0, 0.05) is 30.4 Å². The van der Waals surface area contributed by atoms with Gasteiger partial charge < -0.3 is 10.3 Å². The van der Waals surface area contributed by atoms with Crippen molar-refractivity contribution < 1.29 is 0 Å². The van der Waals surface area contributed by atoms with Gasteiger partial charge in [-0.25, -0.2) is 5.43 Å². The first-order chi connectivity index (χ1) is 10.3. The van der Waals surface area contributed by atoms with Gasteiger partial charge in [0.25, 0.3) is 0 Å². The van der Waals surface area contributed by atoms with Crippen LogP contribution in [0, 0.1) is 0 Å². The molecule has 2 N–H and O–H groups in total. The third kappa shape index (κ3) is 1.85. The van der Waals surface area contributed by atoms with Crippen LogP contribution in [0.25, 0.3) is 11.3 Å². The topological polar surface area (TPSA) is 27.3 Å². The van der Waals surface area contributed by atoms with Crippen LogP contribution in [0.5, 0.6) is 0 Å². The van der Waals surface area contributed by atoms with E-state index in [4.69, 9.17) is 0 Å². The molecule has 2 aliphatic heterocycles. The lowest BCUT2D eigenvalue weighted by Gasteiger charge is -2.27. The van der Waals surface area contributed by atoms with Gasteiger partial charge in [0.15, 0.2) is 0 Å². The van der Waals surface area contributed by atoms with Crippen LogP contribution in [-0.2, 0) is 6.54 Å². The Morgan fingerprint density at radius 1 is 1.00 bits per heavy atom. The summed E-state index contributed by atoms with van der Waals surface area (Å²) in [5.74, 6) is 0. The van der Waals surface area contributed by atoms with Crippen molar-refractivity contribution in [1.82, 2.24) is 10.9 Å². The lowest BCUT2D eigenvalue weighted by atomic mass is 9.90. The monoisotopic (exact) mass is 277 g/mol. The van der Waals surface area contributed by atoms with Crippen LogP contribution in [0.1, 0.15) is 23.6 Å². The van der Waals surface area contributed by atoms with E-state index in [1.807, 2.05) is 0 Å². The van der Waals surface area contributed by atoms with Crippen molar-refractivity contribution in [1.29, 1.82) is 0 Å². The summed E-state index contributed by atoms with van der Waals surface area (Å²) in [5.41, 5.74) is 14.6. The Labute approximate surface area is 125 Å². The molecular formula is C18H19N3. The molecule has 2 heterocycles. The molecule has 0 bridgehead atoms. The van der Waals surface area contributed by atoms with E-state index < -0.39 is 0 Å². The summed E-state index contributed by atoms with van der Waals surface area (Å²) in [4.78, 5) is 2.32. The number of nitrogens with zero attached hydrogens (tertiary/aromatic N) is 1. The molecule has 0 radical (unpaired) electrons. The minimum Gasteiger partial charge on any atom is -0.370 e. The minimum absolute atomic E-state index is 0.303. The number of nitrogens with one attached hydrogen (secondary N) is 2. The van der Waals surface area contributed by atoms with E-state index in [0.29, 0.717) is 6.04 Å². The Balaban J connectivity index is 2.05. The van der Waals surface area contributed by atoms with Gasteiger partial charge in [-0.05, 0) is 24.1 Å². The molecule has 2 aliphatic rings. The van der Waals surface area contributed by atoms with Gasteiger partial charge in [-0.15, -0.1) is 0 Å². The molecule has 0 spiro atoms. The quantitative estimate of drug-likeness (QED) is 0.775. The highest BCUT2D eigenvalue weighted by atomic mass is 15.4. The van der Waals surface area contributed by atoms with Gasteiger partial charge in [-0.3, -0.25) is 0 Å². The first kappa shape index (κ1) is 12.5. The largest absolute Gasteiger partial charge is 0.370 e. The Bertz CT molecular complexity index is 733. The van der Waals surface area contributed by atoms with E-state index >= 15 is 0 Å². The van der Waals surface area contributed by atoms with Crippen LogP contribution in [0.3, 0.4) is 0 Å². The number of hydrogen-bond donors (Lipinski definition) is 2. The number of hydrazine groups is 1. The maximum atomic E-state index is 3.40. The Morgan fingerprint density at radius 2 is 1.71 bits per heavy atom. The summed E-state index contributed by atoms with van der Waals surface area (Å²) < 4.78 is 0. The van der Waals surface area contributed by atoms with Gasteiger partial charge in [-0.1, -0.05) is 42.5 Å². The molecule has 3 heteroatoms. The molecule has 2 aromatic carbocycles. The van der Waals surface area contributed by atoms with Crippen molar-refractivity contribution in [2.45, 2.75) is 19.5 Å². The third-order valence-electron chi connectivity index (χ3n) is 4.42. The van der Waals surface area contributed by atoms with Gasteiger partial charge >= 0.3 is 0 Å². The van der Waals surface area contributed by atoms with Gasteiger partial charge in [0.1, 0.15) is 0 Å². The second-order valence-corrected chi connectivity index (χ2v) is 5.81. The van der Waals surface area contributed by atoms with Crippen molar-refractivity contribution in [3.05, 3.63) is 65.2 Å². The number of fused-ring (bicyclic) bond motifs is 4. The summed E-state index contributed by atoms with van der Waals surface area (Å²) in [6.45, 7) is 3.14. The average molecular weight is 277 g/mol. The van der Waals surface area contributed by atoms with E-state index in [1.165, 1.54) is 33.6 Å². The molecule has 1 atom stereocenters. The molecule has 0 aromatic heterocycles. The van der Waals surface area contributed by atoms with Crippen molar-refractivity contribution in [2.75, 3.05) is 11.9 Å². The highest BCUT2D eigenvalue weighted by molar-refractivity contribution is 5.98. The number of rotatable bonds is 0. The van der Waals surface area contributed by atoms with Crippen molar-refractivity contribution in [2.24, 2.45) is 0 Å². The minimum atomic E-state index is 0.303. The molecule has 0 saturated heterocycles. The molecule has 4 rings (SSSR count). The fourth-order valence-electron chi connectivity index (χ4n) is 3.40. The average Bonchev–Trinajstić information content (AvgIpc) is 2.88. The van der Waals surface area contributed by atoms with Crippen LogP contribution < -0.4 is 15.8 Å². The second kappa shape index (κ2) is 4.64. The van der Waals surface area contributed by atoms with E-state index in [0.717, 1.165) is 6.54 Å². The predicted molar refractivity (Wildman–Crippen MR) is 87.5 cm³/mol. The SMILES string of the molecule is CC1NNC2=C1c1ccccc1CN(C)c1ccccc12. The van der Waals surface area contributed by atoms with Crippen LogP contribution in [0.2, 0.25) is 0 Å². The van der Waals surface area contributed by atoms with Gasteiger partial charge in [0.2, 0.25) is 0 Å². The van der Waals surface area contributed by atoms with E-state index in [2.05, 4.69) is 78.3 Å². The normalized spacial score (nSPS) is 20.1. The molecule has 21 heavy (non-hydrogen) atoms. The first-order valence-corrected chi connectivity index (χ1v) is 7.40. The molecule has 106 valence electrons. The summed E-state index contributed by atoms with van der Waals surface area (Å²) in [5, 5.41) is 0. The zero-order valence-electron chi connectivity index (χ0n) is 12.4. The Morgan fingerprint density at radius 3 is 2.57 bits per heavy atom. The van der Waals surface area contributed by atoms with Crippen molar-refractivity contribution >= 4 is 17.0 Å². The lowest BCUT2D eigenvalue weighted by molar-refractivity contribution is 0.634. The fourth-order valence-corrected chi connectivity index (χ4v) is 3.40. The maximum absolute atomic E-state index is 3.40. The summed E-state index contributed by atoms with van der Waals surface area (Å²) >= 11 is 0. The molecule has 0 aliphatic carbocycles. The fraction of sp³-hybridized carbons (Fsp3) is 0.222. The number of benzene rings is 2. The van der Waals surface area contributed by atoms with Crippen molar-refractivity contribution in [3.8, 4) is 0 Å². The Kier molecular flexibility index (Phi) is 2.76. The summed E-state index contributed by atoms with van der Waals surface area (Å²) in [7, 11) is 2.16. The molecule has 2 aromatic rings. The van der Waals surface area contributed by atoms with Crippen LogP contribution >= 0.6 is 0 Å². The van der Waals surface area contributed by atoms with E-state index in [9.17, 15) is 0 Å². The number of anilines is 1. The van der Waals surface area contributed by atoms with Crippen LogP contribution in [0.15, 0.2) is 48.5 Å². The van der Waals surface area contributed by atoms with E-state index in [-0.39, 0.29) is 0 Å². The maximum Gasteiger partial charge on any atom is 0.0635 e. The van der Waals surface area contributed by atoms with Gasteiger partial charge in [0.05, 0.1) is 11.7 Å². The first-order valence-electron chi connectivity index (χ1n) is 7.40.